The second-order valence-corrected chi connectivity index (χ2v) is 3.30. The van der Waals surface area contributed by atoms with Gasteiger partial charge in [0.15, 0.2) is 0 Å². The maximum atomic E-state index is 11.3. The Kier molecular flexibility index (Phi) is 4.67. The number of rotatable bonds is 1. The van der Waals surface area contributed by atoms with Crippen molar-refractivity contribution in [2.75, 3.05) is 0 Å². The lowest BCUT2D eigenvalue weighted by Crippen LogP contribution is -2.36. The first-order valence-corrected chi connectivity index (χ1v) is 4.90. The van der Waals surface area contributed by atoms with Crippen LogP contribution in [0.25, 0.3) is 0 Å². The molecule has 1 aliphatic rings. The minimum atomic E-state index is -0.107. The van der Waals surface area contributed by atoms with Crippen LogP contribution in [-0.4, -0.2) is 22.8 Å². The molecule has 0 aromatic rings. The van der Waals surface area contributed by atoms with Crippen LogP contribution in [0.3, 0.4) is 0 Å². The summed E-state index contributed by atoms with van der Waals surface area (Å²) in [5.41, 5.74) is 0. The summed E-state index contributed by atoms with van der Waals surface area (Å²) in [4.78, 5) is 23.8. The molecule has 76 valence electrons. The molecule has 0 spiro atoms. The second-order valence-electron chi connectivity index (χ2n) is 3.30. The normalized spacial score (nSPS) is 22.0. The second kappa shape index (κ2) is 5.00. The van der Waals surface area contributed by atoms with Crippen molar-refractivity contribution in [1.82, 2.24) is 4.90 Å². The topological polar surface area (TPSA) is 37.4 Å². The van der Waals surface area contributed by atoms with Crippen LogP contribution in [0.15, 0.2) is 0 Å². The van der Waals surface area contributed by atoms with Gasteiger partial charge in [-0.2, -0.15) is 0 Å². The molecule has 0 radical (unpaired) electrons. The largest absolute Gasteiger partial charge is 0.280 e. The van der Waals surface area contributed by atoms with Crippen LogP contribution in [0.5, 0.6) is 0 Å². The highest BCUT2D eigenvalue weighted by atomic mass is 16.2. The maximum Gasteiger partial charge on any atom is 0.232 e. The van der Waals surface area contributed by atoms with Gasteiger partial charge in [-0.1, -0.05) is 20.8 Å². The fourth-order valence-electron chi connectivity index (χ4n) is 1.35. The lowest BCUT2D eigenvalue weighted by molar-refractivity contribution is -0.141. The van der Waals surface area contributed by atoms with Crippen molar-refractivity contribution >= 4 is 11.8 Å². The van der Waals surface area contributed by atoms with Crippen LogP contribution in [0.2, 0.25) is 0 Å². The fraction of sp³-hybridized carbons (Fsp3) is 0.800. The van der Waals surface area contributed by atoms with E-state index in [1.165, 1.54) is 4.90 Å². The molecular weight excluding hydrogens is 166 g/mol. The Balaban J connectivity index is 0.000000671. The van der Waals surface area contributed by atoms with Crippen molar-refractivity contribution in [1.29, 1.82) is 0 Å². The Morgan fingerprint density at radius 3 is 1.92 bits per heavy atom. The lowest BCUT2D eigenvalue weighted by Gasteiger charge is -2.18. The third kappa shape index (κ3) is 2.54. The van der Waals surface area contributed by atoms with Crippen molar-refractivity contribution in [3.05, 3.63) is 0 Å². The van der Waals surface area contributed by atoms with Crippen LogP contribution >= 0.6 is 0 Å². The van der Waals surface area contributed by atoms with Gasteiger partial charge in [0.1, 0.15) is 0 Å². The number of carbonyl (C=O) groups excluding carboxylic acids is 2. The molecule has 1 aliphatic heterocycles. The van der Waals surface area contributed by atoms with Crippen molar-refractivity contribution in [2.24, 2.45) is 5.92 Å². The molecule has 1 rings (SSSR count). The van der Waals surface area contributed by atoms with E-state index in [1.54, 1.807) is 6.92 Å². The summed E-state index contributed by atoms with van der Waals surface area (Å²) in [6.45, 7) is 9.50. The average molecular weight is 185 g/mol. The van der Waals surface area contributed by atoms with Gasteiger partial charge in [-0.3, -0.25) is 14.5 Å². The summed E-state index contributed by atoms with van der Waals surface area (Å²) >= 11 is 0. The van der Waals surface area contributed by atoms with Gasteiger partial charge >= 0.3 is 0 Å². The predicted octanol–water partition coefficient (Wildman–Crippen LogP) is 1.82. The summed E-state index contributed by atoms with van der Waals surface area (Å²) in [5.74, 6) is -0.160. The van der Waals surface area contributed by atoms with Crippen molar-refractivity contribution in [3.63, 3.8) is 0 Å². The Bertz CT molecular complexity index is 199. The molecule has 1 fully saturated rings. The van der Waals surface area contributed by atoms with E-state index in [0.29, 0.717) is 6.42 Å². The van der Waals surface area contributed by atoms with Crippen molar-refractivity contribution in [2.45, 2.75) is 47.1 Å². The van der Waals surface area contributed by atoms with E-state index < -0.39 is 0 Å². The van der Waals surface area contributed by atoms with Crippen LogP contribution in [0.4, 0.5) is 0 Å². The maximum absolute atomic E-state index is 11.3. The number of amides is 2. The van der Waals surface area contributed by atoms with Gasteiger partial charge in [-0.15, -0.1) is 0 Å². The summed E-state index contributed by atoms with van der Waals surface area (Å²) in [5, 5.41) is 0. The van der Waals surface area contributed by atoms with Crippen LogP contribution in [-0.2, 0) is 9.59 Å². The minimum absolute atomic E-state index is 0.0138. The predicted molar refractivity (Wildman–Crippen MR) is 52.1 cm³/mol. The molecule has 0 aromatic carbocycles. The monoisotopic (exact) mass is 185 g/mol. The number of likely N-dealkylation sites (tertiary alicyclic amines) is 1. The molecular formula is C10H19NO2. The number of hydrogen-bond donors (Lipinski definition) is 0. The number of hydrogen-bond acceptors (Lipinski definition) is 2. The molecule has 0 saturated carbocycles. The van der Waals surface area contributed by atoms with Crippen LogP contribution < -0.4 is 0 Å². The minimum Gasteiger partial charge on any atom is -0.280 e. The van der Waals surface area contributed by atoms with Gasteiger partial charge in [0.05, 0.1) is 0 Å². The van der Waals surface area contributed by atoms with Crippen LogP contribution in [0, 0.1) is 5.92 Å². The summed E-state index contributed by atoms with van der Waals surface area (Å²) in [7, 11) is 0. The Hall–Kier alpha value is -0.860. The molecule has 0 bridgehead atoms. The SMILES string of the molecule is CC.CC1CC(=O)N(C(C)C)C1=O. The molecule has 1 unspecified atom stereocenters. The summed E-state index contributed by atoms with van der Waals surface area (Å²) in [6.07, 6.45) is 0.386. The molecule has 0 aliphatic carbocycles. The first-order valence-electron chi connectivity index (χ1n) is 4.90. The molecule has 13 heavy (non-hydrogen) atoms. The third-order valence-electron chi connectivity index (χ3n) is 1.92. The van der Waals surface area contributed by atoms with Gasteiger partial charge in [0.25, 0.3) is 0 Å². The standard InChI is InChI=1S/C8H13NO2.C2H6/c1-5(2)9-7(10)4-6(3)8(9)11;1-2/h5-6H,4H2,1-3H3;1-2H3. The van der Waals surface area contributed by atoms with Crippen molar-refractivity contribution < 1.29 is 9.59 Å². The van der Waals surface area contributed by atoms with E-state index in [4.69, 9.17) is 0 Å². The zero-order valence-corrected chi connectivity index (χ0v) is 9.13. The van der Waals surface area contributed by atoms with Crippen molar-refractivity contribution in [3.8, 4) is 0 Å². The van der Waals surface area contributed by atoms with E-state index in [1.807, 2.05) is 27.7 Å². The van der Waals surface area contributed by atoms with Gasteiger partial charge < -0.3 is 0 Å². The molecule has 1 atom stereocenters. The highest BCUT2D eigenvalue weighted by Crippen LogP contribution is 2.20. The Morgan fingerprint density at radius 1 is 1.31 bits per heavy atom. The molecule has 0 N–H and O–H groups in total. The highest BCUT2D eigenvalue weighted by molar-refractivity contribution is 6.03. The third-order valence-corrected chi connectivity index (χ3v) is 1.92. The Labute approximate surface area is 80.1 Å². The van der Waals surface area contributed by atoms with Gasteiger partial charge in [0, 0.05) is 18.4 Å². The smallest absolute Gasteiger partial charge is 0.232 e. The van der Waals surface area contributed by atoms with Gasteiger partial charge in [0.2, 0.25) is 11.8 Å². The Morgan fingerprint density at radius 2 is 1.77 bits per heavy atom. The number of carbonyl (C=O) groups is 2. The fourth-order valence-corrected chi connectivity index (χ4v) is 1.35. The van der Waals surface area contributed by atoms with E-state index >= 15 is 0 Å². The van der Waals surface area contributed by atoms with E-state index in [2.05, 4.69) is 0 Å². The highest BCUT2D eigenvalue weighted by Gasteiger charge is 2.36. The molecule has 2 amide bonds. The van der Waals surface area contributed by atoms with E-state index in [-0.39, 0.29) is 23.8 Å². The summed E-state index contributed by atoms with van der Waals surface area (Å²) < 4.78 is 0. The zero-order valence-electron chi connectivity index (χ0n) is 9.13. The quantitative estimate of drug-likeness (QED) is 0.584. The molecule has 3 nitrogen and oxygen atoms in total. The lowest BCUT2D eigenvalue weighted by atomic mass is 10.1. The first-order chi connectivity index (χ1) is 6.04. The average Bonchev–Trinajstić information content (AvgIpc) is 2.30. The first kappa shape index (κ1) is 12.1. The van der Waals surface area contributed by atoms with E-state index in [9.17, 15) is 9.59 Å². The zero-order chi connectivity index (χ0) is 10.6. The van der Waals surface area contributed by atoms with E-state index in [0.717, 1.165) is 0 Å². The van der Waals surface area contributed by atoms with Crippen LogP contribution in [0.1, 0.15) is 41.0 Å². The summed E-state index contributed by atoms with van der Waals surface area (Å²) in [6, 6.07) is 0.0138. The molecule has 3 heteroatoms. The number of imide groups is 1. The van der Waals surface area contributed by atoms with Gasteiger partial charge in [-0.05, 0) is 13.8 Å². The molecule has 1 saturated heterocycles. The number of nitrogens with zero attached hydrogens (tertiary/aromatic N) is 1. The molecule has 1 heterocycles. The van der Waals surface area contributed by atoms with Gasteiger partial charge in [-0.25, -0.2) is 0 Å². The molecule has 0 aromatic heterocycles.